The molecule has 1 saturated heterocycles. The monoisotopic (exact) mass is 242 g/mol. The van der Waals surface area contributed by atoms with Crippen LogP contribution < -0.4 is 5.73 Å². The van der Waals surface area contributed by atoms with Crippen LogP contribution in [0.2, 0.25) is 0 Å². The summed E-state index contributed by atoms with van der Waals surface area (Å²) in [5, 5.41) is 0.786. The molecule has 0 aromatic heterocycles. The highest BCUT2D eigenvalue weighted by Crippen LogP contribution is 2.38. The molecule has 3 atom stereocenters. The average Bonchev–Trinajstić information content (AvgIpc) is 2.29. The van der Waals surface area contributed by atoms with Crippen molar-refractivity contribution in [1.82, 2.24) is 4.90 Å². The molecule has 2 rings (SSSR count). The van der Waals surface area contributed by atoms with Crippen LogP contribution in [0, 0.1) is 5.92 Å². The second-order valence-electron chi connectivity index (χ2n) is 5.76. The van der Waals surface area contributed by atoms with E-state index in [0.717, 1.165) is 17.7 Å². The van der Waals surface area contributed by atoms with E-state index in [4.69, 9.17) is 5.73 Å². The Morgan fingerprint density at radius 1 is 1.44 bits per heavy atom. The zero-order valence-electron chi connectivity index (χ0n) is 10.7. The fourth-order valence-electron chi connectivity index (χ4n) is 3.48. The molecular weight excluding hydrogens is 216 g/mol. The molecule has 2 aliphatic rings. The summed E-state index contributed by atoms with van der Waals surface area (Å²) in [5.74, 6) is 2.15. The Bertz CT molecular complexity index is 234. The van der Waals surface area contributed by atoms with Crippen molar-refractivity contribution in [1.29, 1.82) is 0 Å². The topological polar surface area (TPSA) is 29.3 Å². The van der Waals surface area contributed by atoms with Gasteiger partial charge in [0.1, 0.15) is 0 Å². The Labute approximate surface area is 104 Å². The zero-order valence-corrected chi connectivity index (χ0v) is 11.6. The van der Waals surface area contributed by atoms with Crippen LogP contribution in [-0.4, -0.2) is 41.1 Å². The smallest absolute Gasteiger partial charge is 0.0335 e. The van der Waals surface area contributed by atoms with Gasteiger partial charge in [-0.1, -0.05) is 26.7 Å². The van der Waals surface area contributed by atoms with Gasteiger partial charge in [-0.05, 0) is 18.8 Å². The maximum Gasteiger partial charge on any atom is 0.0335 e. The second kappa shape index (κ2) is 5.28. The van der Waals surface area contributed by atoms with Gasteiger partial charge in [0.25, 0.3) is 0 Å². The van der Waals surface area contributed by atoms with Gasteiger partial charge in [-0.25, -0.2) is 0 Å². The molecule has 3 unspecified atom stereocenters. The third-order valence-electron chi connectivity index (χ3n) is 4.36. The second-order valence-corrected chi connectivity index (χ2v) is 7.30. The Morgan fingerprint density at radius 3 is 2.88 bits per heavy atom. The van der Waals surface area contributed by atoms with E-state index >= 15 is 0 Å². The minimum atomic E-state index is 0.340. The molecule has 1 aliphatic heterocycles. The van der Waals surface area contributed by atoms with Gasteiger partial charge in [-0.15, -0.1) is 0 Å². The fraction of sp³-hybridized carbons (Fsp3) is 1.00. The molecule has 0 radical (unpaired) electrons. The summed E-state index contributed by atoms with van der Waals surface area (Å²) >= 11 is 2.11. The third kappa shape index (κ3) is 2.57. The summed E-state index contributed by atoms with van der Waals surface area (Å²) in [5.41, 5.74) is 6.47. The molecule has 0 aromatic rings. The number of nitrogens with two attached hydrogens (primary N) is 1. The summed E-state index contributed by atoms with van der Waals surface area (Å²) in [6.07, 6.45) is 5.42. The Morgan fingerprint density at radius 2 is 2.25 bits per heavy atom. The third-order valence-corrected chi connectivity index (χ3v) is 5.50. The Kier molecular flexibility index (Phi) is 4.20. The van der Waals surface area contributed by atoms with Crippen LogP contribution in [0.1, 0.15) is 39.5 Å². The lowest BCUT2D eigenvalue weighted by molar-refractivity contribution is 0.0428. The van der Waals surface area contributed by atoms with E-state index in [1.807, 2.05) is 0 Å². The Hall–Kier alpha value is 0.270. The fourth-order valence-corrected chi connectivity index (χ4v) is 4.50. The summed E-state index contributed by atoms with van der Waals surface area (Å²) in [6, 6.07) is 0. The molecule has 1 saturated carbocycles. The SMILES string of the molecule is CC1CCCC(CN)(N2CCSC(C)C2)C1. The standard InChI is InChI=1S/C13H26N2S/c1-11-4-3-5-13(8-11,10-14)15-6-7-16-12(2)9-15/h11-12H,3-10,14H2,1-2H3. The minimum absolute atomic E-state index is 0.340. The quantitative estimate of drug-likeness (QED) is 0.806. The summed E-state index contributed by atoms with van der Waals surface area (Å²) < 4.78 is 0. The van der Waals surface area contributed by atoms with Crippen molar-refractivity contribution in [2.45, 2.75) is 50.3 Å². The van der Waals surface area contributed by atoms with E-state index in [1.54, 1.807) is 0 Å². The molecule has 0 amide bonds. The van der Waals surface area contributed by atoms with Gasteiger partial charge >= 0.3 is 0 Å². The lowest BCUT2D eigenvalue weighted by Crippen LogP contribution is -2.59. The highest BCUT2D eigenvalue weighted by atomic mass is 32.2. The number of rotatable bonds is 2. The zero-order chi connectivity index (χ0) is 11.6. The summed E-state index contributed by atoms with van der Waals surface area (Å²) in [7, 11) is 0. The normalized spacial score (nSPS) is 42.2. The molecule has 2 nitrogen and oxygen atoms in total. The van der Waals surface area contributed by atoms with Crippen LogP contribution in [0.25, 0.3) is 0 Å². The van der Waals surface area contributed by atoms with Crippen LogP contribution in [0.5, 0.6) is 0 Å². The summed E-state index contributed by atoms with van der Waals surface area (Å²) in [6.45, 7) is 8.10. The molecule has 2 fully saturated rings. The van der Waals surface area contributed by atoms with E-state index in [2.05, 4.69) is 30.5 Å². The first-order valence-electron chi connectivity index (χ1n) is 6.73. The van der Waals surface area contributed by atoms with E-state index in [0.29, 0.717) is 5.54 Å². The average molecular weight is 242 g/mol. The van der Waals surface area contributed by atoms with E-state index < -0.39 is 0 Å². The van der Waals surface area contributed by atoms with Crippen molar-refractivity contribution in [3.05, 3.63) is 0 Å². The number of hydrogen-bond donors (Lipinski definition) is 1. The number of hydrogen-bond acceptors (Lipinski definition) is 3. The van der Waals surface area contributed by atoms with Crippen LogP contribution in [0.15, 0.2) is 0 Å². The van der Waals surface area contributed by atoms with E-state index in [-0.39, 0.29) is 0 Å². The number of nitrogens with zero attached hydrogens (tertiary/aromatic N) is 1. The van der Waals surface area contributed by atoms with Crippen LogP contribution in [-0.2, 0) is 0 Å². The number of thioether (sulfide) groups is 1. The maximum atomic E-state index is 6.13. The molecule has 94 valence electrons. The van der Waals surface area contributed by atoms with Gasteiger partial charge < -0.3 is 5.73 Å². The first-order valence-corrected chi connectivity index (χ1v) is 7.78. The van der Waals surface area contributed by atoms with Gasteiger partial charge in [0.05, 0.1) is 0 Å². The van der Waals surface area contributed by atoms with Gasteiger partial charge in [-0.2, -0.15) is 11.8 Å². The van der Waals surface area contributed by atoms with Crippen LogP contribution in [0.3, 0.4) is 0 Å². The predicted molar refractivity (Wildman–Crippen MR) is 72.9 cm³/mol. The Balaban J connectivity index is 2.07. The molecule has 0 spiro atoms. The lowest BCUT2D eigenvalue weighted by Gasteiger charge is -2.50. The van der Waals surface area contributed by atoms with Gasteiger partial charge in [0.15, 0.2) is 0 Å². The molecule has 16 heavy (non-hydrogen) atoms. The van der Waals surface area contributed by atoms with Crippen molar-refractivity contribution in [2.24, 2.45) is 11.7 Å². The molecule has 0 aromatic carbocycles. The van der Waals surface area contributed by atoms with Crippen molar-refractivity contribution >= 4 is 11.8 Å². The van der Waals surface area contributed by atoms with E-state index in [1.165, 1.54) is 44.5 Å². The van der Waals surface area contributed by atoms with Crippen molar-refractivity contribution in [3.8, 4) is 0 Å². The van der Waals surface area contributed by atoms with E-state index in [9.17, 15) is 0 Å². The maximum absolute atomic E-state index is 6.13. The first kappa shape index (κ1) is 12.7. The molecule has 0 bridgehead atoms. The molecule has 1 heterocycles. The largest absolute Gasteiger partial charge is 0.329 e. The van der Waals surface area contributed by atoms with Gasteiger partial charge in [-0.3, -0.25) is 4.90 Å². The van der Waals surface area contributed by atoms with Gasteiger partial charge in [0.2, 0.25) is 0 Å². The molecule has 1 aliphatic carbocycles. The summed E-state index contributed by atoms with van der Waals surface area (Å²) in [4.78, 5) is 2.71. The highest BCUT2D eigenvalue weighted by Gasteiger charge is 2.40. The molecule has 2 N–H and O–H groups in total. The van der Waals surface area contributed by atoms with Crippen molar-refractivity contribution in [2.75, 3.05) is 25.4 Å². The molecule has 3 heteroatoms. The first-order chi connectivity index (χ1) is 7.66. The highest BCUT2D eigenvalue weighted by molar-refractivity contribution is 7.99. The molecular formula is C13H26N2S. The lowest BCUT2D eigenvalue weighted by atomic mass is 9.75. The van der Waals surface area contributed by atoms with Crippen molar-refractivity contribution < 1.29 is 0 Å². The van der Waals surface area contributed by atoms with Crippen molar-refractivity contribution in [3.63, 3.8) is 0 Å². The minimum Gasteiger partial charge on any atom is -0.329 e. The predicted octanol–water partition coefficient (Wildman–Crippen LogP) is 2.33. The van der Waals surface area contributed by atoms with Crippen LogP contribution >= 0.6 is 11.8 Å². The van der Waals surface area contributed by atoms with Crippen LogP contribution in [0.4, 0.5) is 0 Å². The van der Waals surface area contributed by atoms with Gasteiger partial charge in [0, 0.05) is 36.2 Å².